The van der Waals surface area contributed by atoms with Crippen LogP contribution >= 0.6 is 0 Å². The summed E-state index contributed by atoms with van der Waals surface area (Å²) in [6, 6.07) is 16.4. The van der Waals surface area contributed by atoms with Gasteiger partial charge in [0.1, 0.15) is 6.61 Å². The molecular weight excluding hydrogens is 481 g/mol. The molecule has 192 valence electrons. The van der Waals surface area contributed by atoms with E-state index in [1.54, 1.807) is 39.0 Å². The highest BCUT2D eigenvalue weighted by Gasteiger charge is 2.42. The number of ether oxygens (including phenoxy) is 2. The quantitative estimate of drug-likeness (QED) is 0.349. The topological polar surface area (TPSA) is 60.5 Å². The lowest BCUT2D eigenvalue weighted by molar-refractivity contribution is -0.140. The smallest absolute Gasteiger partial charge is 0.416 e. The molecule has 37 heavy (non-hydrogen) atoms. The molecule has 0 bridgehead atoms. The molecule has 0 saturated heterocycles. The molecule has 2 heterocycles. The van der Waals surface area contributed by atoms with Gasteiger partial charge in [0.2, 0.25) is 5.88 Å². The number of anilines is 1. The van der Waals surface area contributed by atoms with Crippen LogP contribution in [0.1, 0.15) is 48.9 Å². The van der Waals surface area contributed by atoms with Gasteiger partial charge in [-0.3, -0.25) is 0 Å². The van der Waals surface area contributed by atoms with Gasteiger partial charge in [0, 0.05) is 23.1 Å². The predicted molar refractivity (Wildman–Crippen MR) is 136 cm³/mol. The number of aromatic nitrogens is 1. The van der Waals surface area contributed by atoms with Gasteiger partial charge in [0.05, 0.1) is 23.2 Å². The summed E-state index contributed by atoms with van der Waals surface area (Å²) in [5.74, 6) is -1.68. The average molecular weight is 509 g/mol. The number of alkyl halides is 3. The van der Waals surface area contributed by atoms with Crippen LogP contribution in [0, 0.1) is 0 Å². The van der Waals surface area contributed by atoms with E-state index in [2.05, 4.69) is 10.3 Å². The summed E-state index contributed by atoms with van der Waals surface area (Å²) in [6.45, 7) is 5.19. The summed E-state index contributed by atoms with van der Waals surface area (Å²) in [5, 5.41) is 3.14. The van der Waals surface area contributed by atoms with Crippen molar-refractivity contribution in [2.45, 2.75) is 39.0 Å². The Labute approximate surface area is 213 Å². The predicted octanol–water partition coefficient (Wildman–Crippen LogP) is 6.98. The maximum Gasteiger partial charge on any atom is 0.416 e. The lowest BCUT2D eigenvalue weighted by Crippen LogP contribution is -2.27. The van der Waals surface area contributed by atoms with Crippen LogP contribution in [-0.4, -0.2) is 23.7 Å². The fraction of sp³-hybridized carbons (Fsp3) is 0.241. The number of allylic oxidation sites excluding steroid dienone is 1. The van der Waals surface area contributed by atoms with E-state index in [1.807, 2.05) is 30.3 Å². The molecule has 2 aromatic carbocycles. The Morgan fingerprint density at radius 2 is 1.78 bits per heavy atom. The minimum atomic E-state index is -4.63. The summed E-state index contributed by atoms with van der Waals surface area (Å²) in [5.41, 5.74) is 1.35. The van der Waals surface area contributed by atoms with Gasteiger partial charge in [-0.05, 0) is 50.1 Å². The number of nitrogens with one attached hydrogen (secondary N) is 1. The minimum Gasteiger partial charge on any atom is -0.475 e. The fourth-order valence-corrected chi connectivity index (χ4v) is 4.33. The third-order valence-corrected chi connectivity index (χ3v) is 5.82. The second-order valence-electron chi connectivity index (χ2n) is 8.84. The summed E-state index contributed by atoms with van der Waals surface area (Å²) in [4.78, 5) is 17.7. The fourth-order valence-electron chi connectivity index (χ4n) is 4.33. The van der Waals surface area contributed by atoms with Crippen LogP contribution in [-0.2, 0) is 15.7 Å². The summed E-state index contributed by atoms with van der Waals surface area (Å²) < 4.78 is 53.8. The Morgan fingerprint density at radius 3 is 2.49 bits per heavy atom. The molecule has 1 N–H and O–H groups in total. The van der Waals surface area contributed by atoms with Crippen molar-refractivity contribution < 1.29 is 27.4 Å². The van der Waals surface area contributed by atoms with Crippen molar-refractivity contribution in [1.29, 1.82) is 0 Å². The van der Waals surface area contributed by atoms with Crippen molar-refractivity contribution in [3.8, 4) is 5.88 Å². The zero-order valence-corrected chi connectivity index (χ0v) is 20.7. The van der Waals surface area contributed by atoms with E-state index in [1.165, 1.54) is 24.4 Å². The number of rotatable bonds is 7. The highest BCUT2D eigenvalue weighted by atomic mass is 19.4. The van der Waals surface area contributed by atoms with Gasteiger partial charge in [0.15, 0.2) is 0 Å². The first kappa shape index (κ1) is 26.0. The van der Waals surface area contributed by atoms with E-state index in [0.717, 1.165) is 11.6 Å². The van der Waals surface area contributed by atoms with E-state index >= 15 is 0 Å². The normalized spacial score (nSPS) is 15.5. The lowest BCUT2D eigenvalue weighted by Gasteiger charge is -2.32. The Kier molecular flexibility index (Phi) is 7.66. The Balaban J connectivity index is 1.78. The molecule has 1 aromatic heterocycles. The van der Waals surface area contributed by atoms with Gasteiger partial charge >= 0.3 is 12.1 Å². The van der Waals surface area contributed by atoms with Gasteiger partial charge in [-0.2, -0.15) is 13.2 Å². The lowest BCUT2D eigenvalue weighted by atomic mass is 9.79. The van der Waals surface area contributed by atoms with Crippen molar-refractivity contribution in [3.05, 3.63) is 106 Å². The first-order valence-corrected chi connectivity index (χ1v) is 11.8. The van der Waals surface area contributed by atoms with Crippen LogP contribution in [0.15, 0.2) is 84.2 Å². The molecule has 5 nitrogen and oxygen atoms in total. The van der Waals surface area contributed by atoms with Gasteiger partial charge in [-0.1, -0.05) is 54.6 Å². The van der Waals surface area contributed by atoms with Crippen LogP contribution in [0.5, 0.6) is 5.88 Å². The van der Waals surface area contributed by atoms with Gasteiger partial charge in [0.25, 0.3) is 0 Å². The Morgan fingerprint density at radius 1 is 1.08 bits per heavy atom. The molecule has 0 radical (unpaired) electrons. The molecule has 0 spiro atoms. The molecule has 0 fully saturated rings. The molecule has 0 aliphatic carbocycles. The molecule has 3 aromatic rings. The van der Waals surface area contributed by atoms with Crippen molar-refractivity contribution in [2.24, 2.45) is 0 Å². The van der Waals surface area contributed by atoms with E-state index in [0.29, 0.717) is 16.9 Å². The number of hydrogen-bond acceptors (Lipinski definition) is 5. The van der Waals surface area contributed by atoms with Crippen LogP contribution in [0.3, 0.4) is 0 Å². The molecule has 1 atom stereocenters. The van der Waals surface area contributed by atoms with Gasteiger partial charge in [-0.15, -0.1) is 0 Å². The number of esters is 1. The molecule has 8 heteroatoms. The van der Waals surface area contributed by atoms with Crippen molar-refractivity contribution in [3.63, 3.8) is 0 Å². The average Bonchev–Trinajstić information content (AvgIpc) is 2.85. The number of pyridine rings is 1. The number of carbonyl (C=O) groups excluding carboxylic acids is 1. The number of carbonyl (C=O) groups is 1. The van der Waals surface area contributed by atoms with E-state index in [-0.39, 0.29) is 29.7 Å². The zero-order chi connectivity index (χ0) is 26.6. The molecule has 1 aliphatic rings. The molecule has 0 saturated carbocycles. The monoisotopic (exact) mass is 508 g/mol. The number of hydrogen-bond donors (Lipinski definition) is 1. The highest BCUT2D eigenvalue weighted by molar-refractivity contribution is 5.95. The van der Waals surface area contributed by atoms with Crippen molar-refractivity contribution in [1.82, 2.24) is 4.98 Å². The van der Waals surface area contributed by atoms with Crippen LogP contribution < -0.4 is 10.1 Å². The number of fused-ring (bicyclic) bond motifs is 1. The number of benzene rings is 2. The Hall–Kier alpha value is -4.07. The van der Waals surface area contributed by atoms with E-state index in [9.17, 15) is 18.0 Å². The first-order chi connectivity index (χ1) is 17.7. The standard InChI is InChI=1S/C29H27F3N2O3/c1-18(2)37-27-26-23(15-16-33-27)34-19(3)24(25(26)21-13-7-8-14-22(21)29(30,31)32)28(35)36-17-9-12-20-10-5-4-6-11-20/h4-16,18,25,34H,17H2,1-3H3/b12-9+. The zero-order valence-electron chi connectivity index (χ0n) is 20.7. The third kappa shape index (κ3) is 5.85. The minimum absolute atomic E-state index is 0.0482. The summed E-state index contributed by atoms with van der Waals surface area (Å²) in [6.07, 6.45) is 0.0764. The van der Waals surface area contributed by atoms with Crippen molar-refractivity contribution >= 4 is 17.7 Å². The second-order valence-corrected chi connectivity index (χ2v) is 8.84. The maximum absolute atomic E-state index is 14.1. The maximum atomic E-state index is 14.1. The molecule has 0 amide bonds. The number of halogens is 3. The highest BCUT2D eigenvalue weighted by Crippen LogP contribution is 2.48. The first-order valence-electron chi connectivity index (χ1n) is 11.8. The summed E-state index contributed by atoms with van der Waals surface area (Å²) >= 11 is 0. The van der Waals surface area contributed by atoms with Gasteiger partial charge < -0.3 is 14.8 Å². The number of nitrogens with zero attached hydrogens (tertiary/aromatic N) is 1. The third-order valence-electron chi connectivity index (χ3n) is 5.82. The molecule has 1 aliphatic heterocycles. The largest absolute Gasteiger partial charge is 0.475 e. The second kappa shape index (κ2) is 10.9. The van der Waals surface area contributed by atoms with Crippen LogP contribution in [0.2, 0.25) is 0 Å². The molecular formula is C29H27F3N2O3. The molecule has 1 unspecified atom stereocenters. The van der Waals surface area contributed by atoms with Crippen LogP contribution in [0.25, 0.3) is 6.08 Å². The van der Waals surface area contributed by atoms with Gasteiger partial charge in [-0.25, -0.2) is 9.78 Å². The van der Waals surface area contributed by atoms with Crippen LogP contribution in [0.4, 0.5) is 18.9 Å². The van der Waals surface area contributed by atoms with Crippen molar-refractivity contribution in [2.75, 3.05) is 11.9 Å². The molecule has 4 rings (SSSR count). The SMILES string of the molecule is CC1=C(C(=O)OC/C=C/c2ccccc2)C(c2ccccc2C(F)(F)F)c2c(ccnc2OC(C)C)N1. The Bertz CT molecular complexity index is 1330. The van der Waals surface area contributed by atoms with E-state index in [4.69, 9.17) is 9.47 Å². The van der Waals surface area contributed by atoms with E-state index < -0.39 is 23.6 Å². The summed E-state index contributed by atoms with van der Waals surface area (Å²) in [7, 11) is 0.